The molecule has 0 atom stereocenters. The van der Waals surface area contributed by atoms with Gasteiger partial charge in [-0.15, -0.1) is 0 Å². The van der Waals surface area contributed by atoms with E-state index < -0.39 is 11.7 Å². The van der Waals surface area contributed by atoms with E-state index in [0.29, 0.717) is 5.70 Å². The second-order valence-electron chi connectivity index (χ2n) is 5.75. The molecule has 4 nitrogen and oxygen atoms in total. The Kier molecular flexibility index (Phi) is 4.17. The van der Waals surface area contributed by atoms with E-state index >= 15 is 0 Å². The van der Waals surface area contributed by atoms with E-state index in [1.807, 2.05) is 6.92 Å². The molecule has 7 heteroatoms. The maximum absolute atomic E-state index is 13.1. The van der Waals surface area contributed by atoms with E-state index in [2.05, 4.69) is 27.2 Å². The summed E-state index contributed by atoms with van der Waals surface area (Å²) in [4.78, 5) is 7.76. The molecule has 2 N–H and O–H groups in total. The summed E-state index contributed by atoms with van der Waals surface area (Å²) in [6.07, 6.45) is -0.288. The van der Waals surface area contributed by atoms with Gasteiger partial charge in [-0.2, -0.15) is 18.2 Å². The van der Waals surface area contributed by atoms with Crippen LogP contribution in [0.4, 0.5) is 24.9 Å². The van der Waals surface area contributed by atoms with Crippen molar-refractivity contribution in [1.29, 1.82) is 0 Å². The molecule has 22 heavy (non-hydrogen) atoms. The van der Waals surface area contributed by atoms with Crippen molar-refractivity contribution < 1.29 is 13.2 Å². The third kappa shape index (κ3) is 3.78. The molecular weight excluding hydrogens is 293 g/mol. The Hall–Kier alpha value is -2.05. The van der Waals surface area contributed by atoms with E-state index in [1.165, 1.54) is 0 Å². The molecule has 1 aliphatic rings. The second-order valence-corrected chi connectivity index (χ2v) is 5.75. The van der Waals surface area contributed by atoms with Gasteiger partial charge >= 0.3 is 6.18 Å². The van der Waals surface area contributed by atoms with E-state index in [0.717, 1.165) is 24.6 Å². The van der Waals surface area contributed by atoms with Crippen LogP contribution >= 0.6 is 0 Å². The van der Waals surface area contributed by atoms with Crippen LogP contribution < -0.4 is 10.6 Å². The van der Waals surface area contributed by atoms with Gasteiger partial charge in [0.2, 0.25) is 5.95 Å². The Morgan fingerprint density at radius 2 is 2.05 bits per heavy atom. The molecule has 0 unspecified atom stereocenters. The van der Waals surface area contributed by atoms with Crippen LogP contribution in [0.5, 0.6) is 0 Å². The Morgan fingerprint density at radius 1 is 1.41 bits per heavy atom. The van der Waals surface area contributed by atoms with Crippen molar-refractivity contribution >= 4 is 11.8 Å². The molecule has 0 aliphatic heterocycles. The quantitative estimate of drug-likeness (QED) is 0.794. The fraction of sp³-hybridized carbons (Fsp3) is 0.467. The molecule has 0 amide bonds. The first-order valence-electron chi connectivity index (χ1n) is 6.96. The zero-order chi connectivity index (χ0) is 16.5. The molecule has 2 rings (SSSR count). The van der Waals surface area contributed by atoms with Gasteiger partial charge in [-0.25, -0.2) is 4.98 Å². The number of aromatic nitrogens is 2. The molecule has 120 valence electrons. The molecule has 0 saturated heterocycles. The van der Waals surface area contributed by atoms with Crippen molar-refractivity contribution in [1.82, 2.24) is 9.97 Å². The molecule has 0 spiro atoms. The lowest BCUT2D eigenvalue weighted by molar-refractivity contribution is -0.137. The van der Waals surface area contributed by atoms with E-state index in [4.69, 9.17) is 0 Å². The average Bonchev–Trinajstić information content (AvgIpc) is 3.11. The van der Waals surface area contributed by atoms with Crippen LogP contribution in [0.3, 0.4) is 0 Å². The number of rotatable bonds is 5. The van der Waals surface area contributed by atoms with Gasteiger partial charge in [0.15, 0.2) is 0 Å². The SMILES string of the molecule is C=C(C)/C(=C\C)Nc1ncc(C(F)(F)F)c(NC2(C)CC2)n1. The lowest BCUT2D eigenvalue weighted by Gasteiger charge is -2.18. The zero-order valence-electron chi connectivity index (χ0n) is 12.8. The number of nitrogens with one attached hydrogen (secondary N) is 2. The highest BCUT2D eigenvalue weighted by Gasteiger charge is 2.41. The topological polar surface area (TPSA) is 49.8 Å². The van der Waals surface area contributed by atoms with Crippen LogP contribution in [0, 0.1) is 0 Å². The smallest absolute Gasteiger partial charge is 0.364 e. The Labute approximate surface area is 127 Å². The van der Waals surface area contributed by atoms with Gasteiger partial charge in [0, 0.05) is 17.4 Å². The Morgan fingerprint density at radius 3 is 2.50 bits per heavy atom. The highest BCUT2D eigenvalue weighted by atomic mass is 19.4. The maximum Gasteiger partial charge on any atom is 0.421 e. The lowest BCUT2D eigenvalue weighted by atomic mass is 10.2. The van der Waals surface area contributed by atoms with Gasteiger partial charge < -0.3 is 10.6 Å². The van der Waals surface area contributed by atoms with Crippen LogP contribution in [-0.2, 0) is 6.18 Å². The van der Waals surface area contributed by atoms with Crippen LogP contribution in [0.25, 0.3) is 0 Å². The standard InChI is InChI=1S/C15H19F3N4/c1-5-11(9(2)3)20-13-19-8-10(15(16,17)18)12(21-13)22-14(4)6-7-14/h5,8H,2,6-7H2,1,3-4H3,(H2,19,20,21,22)/b11-5+. The third-order valence-corrected chi connectivity index (χ3v) is 3.51. The van der Waals surface area contributed by atoms with E-state index in [9.17, 15) is 13.2 Å². The normalized spacial score (nSPS) is 17.1. The summed E-state index contributed by atoms with van der Waals surface area (Å²) in [6, 6.07) is 0. The Bertz CT molecular complexity index is 616. The van der Waals surface area contributed by atoms with Gasteiger partial charge in [0.25, 0.3) is 0 Å². The highest BCUT2D eigenvalue weighted by molar-refractivity contribution is 5.53. The first kappa shape index (κ1) is 16.3. The summed E-state index contributed by atoms with van der Waals surface area (Å²) < 4.78 is 39.2. The summed E-state index contributed by atoms with van der Waals surface area (Å²) >= 11 is 0. The van der Waals surface area contributed by atoms with Crippen LogP contribution in [0.15, 0.2) is 30.1 Å². The minimum Gasteiger partial charge on any atom is -0.364 e. The number of nitrogens with zero attached hydrogens (tertiary/aromatic N) is 2. The van der Waals surface area contributed by atoms with Crippen LogP contribution in [0.1, 0.15) is 39.2 Å². The maximum atomic E-state index is 13.1. The molecule has 0 aromatic carbocycles. The van der Waals surface area contributed by atoms with E-state index in [1.54, 1.807) is 19.9 Å². The fourth-order valence-corrected chi connectivity index (χ4v) is 1.89. The van der Waals surface area contributed by atoms with Crippen molar-refractivity contribution in [2.45, 2.75) is 45.3 Å². The van der Waals surface area contributed by atoms with Crippen molar-refractivity contribution in [3.05, 3.63) is 35.7 Å². The lowest BCUT2D eigenvalue weighted by Crippen LogP contribution is -2.22. The number of anilines is 2. The van der Waals surface area contributed by atoms with Gasteiger partial charge in [-0.05, 0) is 39.2 Å². The fourth-order valence-electron chi connectivity index (χ4n) is 1.89. The number of hydrogen-bond acceptors (Lipinski definition) is 4. The predicted octanol–water partition coefficient (Wildman–Crippen LogP) is 4.35. The first-order valence-corrected chi connectivity index (χ1v) is 6.96. The van der Waals surface area contributed by atoms with Crippen molar-refractivity contribution in [2.75, 3.05) is 10.6 Å². The molecule has 0 radical (unpaired) electrons. The molecule has 0 bridgehead atoms. The Balaban J connectivity index is 2.34. The molecule has 1 saturated carbocycles. The van der Waals surface area contributed by atoms with Crippen molar-refractivity contribution in [3.63, 3.8) is 0 Å². The van der Waals surface area contributed by atoms with Crippen LogP contribution in [-0.4, -0.2) is 15.5 Å². The zero-order valence-corrected chi connectivity index (χ0v) is 12.8. The van der Waals surface area contributed by atoms with Crippen molar-refractivity contribution in [2.24, 2.45) is 0 Å². The largest absolute Gasteiger partial charge is 0.421 e. The monoisotopic (exact) mass is 312 g/mol. The third-order valence-electron chi connectivity index (χ3n) is 3.51. The summed E-state index contributed by atoms with van der Waals surface area (Å²) in [5.74, 6) is -0.0852. The highest BCUT2D eigenvalue weighted by Crippen LogP contribution is 2.41. The van der Waals surface area contributed by atoms with Crippen molar-refractivity contribution in [3.8, 4) is 0 Å². The second kappa shape index (κ2) is 5.62. The molecule has 1 fully saturated rings. The van der Waals surface area contributed by atoms with Gasteiger partial charge in [0.1, 0.15) is 11.4 Å². The van der Waals surface area contributed by atoms with Gasteiger partial charge in [-0.1, -0.05) is 12.7 Å². The van der Waals surface area contributed by atoms with Gasteiger partial charge in [0.05, 0.1) is 0 Å². The number of halogens is 3. The molecule has 1 heterocycles. The summed E-state index contributed by atoms with van der Waals surface area (Å²) in [7, 11) is 0. The van der Waals surface area contributed by atoms with Crippen LogP contribution in [0.2, 0.25) is 0 Å². The predicted molar refractivity (Wildman–Crippen MR) is 80.5 cm³/mol. The summed E-state index contributed by atoms with van der Waals surface area (Å²) in [5, 5.41) is 5.76. The molecule has 1 aliphatic carbocycles. The van der Waals surface area contributed by atoms with E-state index in [-0.39, 0.29) is 17.3 Å². The summed E-state index contributed by atoms with van der Waals surface area (Å²) in [6.45, 7) is 9.24. The average molecular weight is 312 g/mol. The number of allylic oxidation sites excluding steroid dienone is 2. The minimum absolute atomic E-state index is 0.107. The summed E-state index contributed by atoms with van der Waals surface area (Å²) in [5.41, 5.74) is 0.241. The first-order chi connectivity index (χ1) is 10.1. The molecule has 1 aromatic heterocycles. The van der Waals surface area contributed by atoms with Gasteiger partial charge in [-0.3, -0.25) is 0 Å². The molecule has 1 aromatic rings. The number of hydrogen-bond donors (Lipinski definition) is 2. The minimum atomic E-state index is -4.50. The number of alkyl halides is 3. The molecular formula is C15H19F3N4.